The number of halogens is 4. The summed E-state index contributed by atoms with van der Waals surface area (Å²) < 4.78 is 55.1. The van der Waals surface area contributed by atoms with E-state index in [2.05, 4.69) is 5.32 Å². The number of urea groups is 1. The van der Waals surface area contributed by atoms with E-state index in [1.54, 1.807) is 0 Å². The van der Waals surface area contributed by atoms with Gasteiger partial charge in [0.25, 0.3) is 0 Å². The molecule has 0 fully saturated rings. The van der Waals surface area contributed by atoms with E-state index >= 15 is 0 Å². The van der Waals surface area contributed by atoms with E-state index in [4.69, 9.17) is 4.74 Å². The van der Waals surface area contributed by atoms with Crippen molar-refractivity contribution < 1.29 is 27.1 Å². The van der Waals surface area contributed by atoms with Gasteiger partial charge < -0.3 is 15.0 Å². The van der Waals surface area contributed by atoms with Gasteiger partial charge in [0.15, 0.2) is 0 Å². The molecule has 0 bridgehead atoms. The molecule has 0 saturated heterocycles. The van der Waals surface area contributed by atoms with Crippen molar-refractivity contribution in [1.82, 2.24) is 4.90 Å². The molecule has 20 heavy (non-hydrogen) atoms. The average molecular weight is 294 g/mol. The van der Waals surface area contributed by atoms with Gasteiger partial charge in [-0.15, -0.1) is 0 Å². The van der Waals surface area contributed by atoms with E-state index in [0.717, 1.165) is 6.07 Å². The summed E-state index contributed by atoms with van der Waals surface area (Å²) in [6.45, 7) is -0.147. The Bertz CT molecular complexity index is 477. The molecular weight excluding hydrogens is 280 g/mol. The van der Waals surface area contributed by atoms with Gasteiger partial charge in [0.2, 0.25) is 0 Å². The molecule has 1 aromatic rings. The molecular formula is C12H14F4N2O2. The van der Waals surface area contributed by atoms with Gasteiger partial charge in [0.05, 0.1) is 12.8 Å². The first kappa shape index (κ1) is 16.1. The molecule has 0 aliphatic rings. The van der Waals surface area contributed by atoms with Crippen LogP contribution in [0.4, 0.5) is 28.0 Å². The second-order valence-corrected chi connectivity index (χ2v) is 3.91. The summed E-state index contributed by atoms with van der Waals surface area (Å²) in [5.41, 5.74) is -0.212. The first-order chi connectivity index (χ1) is 9.26. The third kappa shape index (κ3) is 4.60. The Balaban J connectivity index is 2.78. The van der Waals surface area contributed by atoms with Crippen LogP contribution in [0.15, 0.2) is 18.2 Å². The minimum atomic E-state index is -4.51. The molecule has 0 radical (unpaired) electrons. The fraction of sp³-hybridized carbons (Fsp3) is 0.417. The highest BCUT2D eigenvalue weighted by molar-refractivity contribution is 5.89. The number of methoxy groups -OCH3 is 1. The van der Waals surface area contributed by atoms with Crippen molar-refractivity contribution in [3.8, 4) is 5.75 Å². The molecule has 0 saturated carbocycles. The van der Waals surface area contributed by atoms with Crippen molar-refractivity contribution in [2.24, 2.45) is 0 Å². The highest BCUT2D eigenvalue weighted by atomic mass is 19.4. The van der Waals surface area contributed by atoms with Gasteiger partial charge in [0.1, 0.15) is 18.1 Å². The highest BCUT2D eigenvalue weighted by Crippen LogP contribution is 2.21. The zero-order valence-electron chi connectivity index (χ0n) is 10.9. The number of rotatable bonds is 4. The number of hydrogen-bond acceptors (Lipinski definition) is 2. The van der Waals surface area contributed by atoms with Crippen LogP contribution in [0.1, 0.15) is 6.92 Å². The summed E-state index contributed by atoms with van der Waals surface area (Å²) >= 11 is 0. The second-order valence-electron chi connectivity index (χ2n) is 3.91. The Kier molecular flexibility index (Phi) is 5.18. The molecule has 2 amide bonds. The zero-order valence-corrected chi connectivity index (χ0v) is 10.9. The van der Waals surface area contributed by atoms with Gasteiger partial charge in [0, 0.05) is 12.6 Å². The van der Waals surface area contributed by atoms with Crippen LogP contribution in [0.3, 0.4) is 0 Å². The van der Waals surface area contributed by atoms with Crippen molar-refractivity contribution >= 4 is 11.7 Å². The Morgan fingerprint density at radius 2 is 2.05 bits per heavy atom. The van der Waals surface area contributed by atoms with Crippen LogP contribution >= 0.6 is 0 Å². The average Bonchev–Trinajstić information content (AvgIpc) is 2.37. The molecule has 0 aromatic heterocycles. The topological polar surface area (TPSA) is 41.6 Å². The maximum absolute atomic E-state index is 13.6. The van der Waals surface area contributed by atoms with Crippen molar-refractivity contribution in [3.05, 3.63) is 24.0 Å². The van der Waals surface area contributed by atoms with Crippen LogP contribution in [0, 0.1) is 5.82 Å². The minimum absolute atomic E-state index is 0.150. The zero-order chi connectivity index (χ0) is 15.3. The van der Waals surface area contributed by atoms with Crippen LogP contribution in [0.5, 0.6) is 5.75 Å². The highest BCUT2D eigenvalue weighted by Gasteiger charge is 2.32. The fourth-order valence-corrected chi connectivity index (χ4v) is 1.46. The summed E-state index contributed by atoms with van der Waals surface area (Å²) in [4.78, 5) is 12.2. The number of nitrogens with zero attached hydrogens (tertiary/aromatic N) is 1. The molecule has 0 aliphatic carbocycles. The molecule has 0 aliphatic heterocycles. The largest absolute Gasteiger partial charge is 0.497 e. The molecule has 0 heterocycles. The number of carbonyl (C=O) groups excluding carboxylic acids is 1. The predicted octanol–water partition coefficient (Wildman–Crippen LogP) is 3.25. The van der Waals surface area contributed by atoms with Crippen LogP contribution < -0.4 is 10.1 Å². The third-order valence-corrected chi connectivity index (χ3v) is 2.46. The predicted molar refractivity (Wildman–Crippen MR) is 65.3 cm³/mol. The molecule has 1 N–H and O–H groups in total. The lowest BCUT2D eigenvalue weighted by Crippen LogP contribution is -2.41. The molecule has 0 atom stereocenters. The lowest BCUT2D eigenvalue weighted by Gasteiger charge is -2.22. The van der Waals surface area contributed by atoms with Gasteiger partial charge >= 0.3 is 12.2 Å². The molecule has 8 heteroatoms. The van der Waals surface area contributed by atoms with E-state index in [9.17, 15) is 22.4 Å². The summed E-state index contributed by atoms with van der Waals surface area (Å²) in [6, 6.07) is 2.61. The van der Waals surface area contributed by atoms with Crippen molar-refractivity contribution in [2.45, 2.75) is 13.1 Å². The lowest BCUT2D eigenvalue weighted by molar-refractivity contribution is -0.139. The summed E-state index contributed by atoms with van der Waals surface area (Å²) in [6.07, 6.45) is -4.51. The maximum atomic E-state index is 13.6. The fourth-order valence-electron chi connectivity index (χ4n) is 1.46. The van der Waals surface area contributed by atoms with Gasteiger partial charge in [-0.25, -0.2) is 9.18 Å². The number of amides is 2. The van der Waals surface area contributed by atoms with Gasteiger partial charge in [-0.1, -0.05) is 0 Å². The number of carbonyl (C=O) groups is 1. The van der Waals surface area contributed by atoms with E-state index in [1.807, 2.05) is 0 Å². The summed E-state index contributed by atoms with van der Waals surface area (Å²) in [5.74, 6) is -0.552. The molecule has 1 aromatic carbocycles. The number of alkyl halides is 3. The van der Waals surface area contributed by atoms with E-state index in [-0.39, 0.29) is 18.0 Å². The van der Waals surface area contributed by atoms with E-state index < -0.39 is 24.6 Å². The Morgan fingerprint density at radius 3 is 2.50 bits per heavy atom. The number of anilines is 1. The first-order valence-corrected chi connectivity index (χ1v) is 5.73. The number of nitrogens with one attached hydrogen (secondary N) is 1. The molecule has 1 rings (SSSR count). The smallest absolute Gasteiger partial charge is 0.406 e. The normalized spacial score (nSPS) is 11.1. The second kappa shape index (κ2) is 6.44. The van der Waals surface area contributed by atoms with Crippen molar-refractivity contribution in [3.63, 3.8) is 0 Å². The van der Waals surface area contributed by atoms with Crippen molar-refractivity contribution in [1.29, 1.82) is 0 Å². The number of benzene rings is 1. The van der Waals surface area contributed by atoms with Crippen LogP contribution in [-0.2, 0) is 0 Å². The maximum Gasteiger partial charge on any atom is 0.406 e. The number of hydrogen-bond donors (Lipinski definition) is 1. The van der Waals surface area contributed by atoms with Gasteiger partial charge in [-0.3, -0.25) is 0 Å². The number of ether oxygens (including phenoxy) is 1. The van der Waals surface area contributed by atoms with Gasteiger partial charge in [-0.05, 0) is 19.1 Å². The third-order valence-electron chi connectivity index (χ3n) is 2.46. The quantitative estimate of drug-likeness (QED) is 0.866. The van der Waals surface area contributed by atoms with E-state index in [1.165, 1.54) is 26.2 Å². The van der Waals surface area contributed by atoms with Crippen molar-refractivity contribution in [2.75, 3.05) is 25.5 Å². The summed E-state index contributed by atoms with van der Waals surface area (Å²) in [7, 11) is 1.34. The van der Waals surface area contributed by atoms with Gasteiger partial charge in [-0.2, -0.15) is 13.2 Å². The van der Waals surface area contributed by atoms with Crippen LogP contribution in [0.25, 0.3) is 0 Å². The monoisotopic (exact) mass is 294 g/mol. The van der Waals surface area contributed by atoms with Crippen LogP contribution in [-0.4, -0.2) is 37.3 Å². The molecule has 112 valence electrons. The first-order valence-electron chi connectivity index (χ1n) is 5.73. The standard InChI is InChI=1S/C12H14F4N2O2/c1-3-18(7-12(14,15)16)11(19)17-10-5-4-8(20-2)6-9(10)13/h4-6H,3,7H2,1-2H3,(H,17,19). The molecule has 0 unspecified atom stereocenters. The van der Waals surface area contributed by atoms with E-state index in [0.29, 0.717) is 4.90 Å². The SMILES string of the molecule is CCN(CC(F)(F)F)C(=O)Nc1ccc(OC)cc1F. The summed E-state index contributed by atoms with van der Waals surface area (Å²) in [5, 5.41) is 2.09. The van der Waals surface area contributed by atoms with Crippen LogP contribution in [0.2, 0.25) is 0 Å². The molecule has 4 nitrogen and oxygen atoms in total. The minimum Gasteiger partial charge on any atom is -0.497 e. The lowest BCUT2D eigenvalue weighted by atomic mass is 10.3. The molecule has 0 spiro atoms. The Hall–Kier alpha value is -1.99. The Labute approximate surface area is 113 Å². The Morgan fingerprint density at radius 1 is 1.40 bits per heavy atom.